The van der Waals surface area contributed by atoms with Gasteiger partial charge in [0, 0.05) is 12.6 Å². The summed E-state index contributed by atoms with van der Waals surface area (Å²) in [7, 11) is -3.66. The Balaban J connectivity index is 1.87. The Labute approximate surface area is 192 Å². The molecule has 1 heterocycles. The first kappa shape index (κ1) is 24.6. The third-order valence-electron chi connectivity index (χ3n) is 5.14. The maximum atomic E-state index is 14.0. The third kappa shape index (κ3) is 5.85. The molecule has 3 rings (SSSR count). The van der Waals surface area contributed by atoms with Crippen LogP contribution in [0.2, 0.25) is 0 Å². The predicted octanol–water partition coefficient (Wildman–Crippen LogP) is 3.26. The number of nitrogens with zero attached hydrogens (tertiary/aromatic N) is 1. The van der Waals surface area contributed by atoms with Crippen molar-refractivity contribution in [2.45, 2.75) is 38.1 Å². The molecule has 1 aliphatic rings. The van der Waals surface area contributed by atoms with Gasteiger partial charge in [-0.25, -0.2) is 22.4 Å². The second-order valence-corrected chi connectivity index (χ2v) is 9.48. The molecule has 176 valence electrons. The largest absolute Gasteiger partial charge is 0.462 e. The first-order chi connectivity index (χ1) is 15.7. The highest BCUT2D eigenvalue weighted by Crippen LogP contribution is 2.32. The van der Waals surface area contributed by atoms with E-state index in [-0.39, 0.29) is 36.1 Å². The average Bonchev–Trinajstić information content (AvgIpc) is 3.54. The van der Waals surface area contributed by atoms with Crippen molar-refractivity contribution in [2.75, 3.05) is 19.8 Å². The highest BCUT2D eigenvalue weighted by atomic mass is 32.2. The fourth-order valence-electron chi connectivity index (χ4n) is 3.39. The number of halogens is 1. The van der Waals surface area contributed by atoms with Gasteiger partial charge in [-0.2, -0.15) is 4.31 Å². The zero-order chi connectivity index (χ0) is 24.2. The maximum Gasteiger partial charge on any atom is 0.345 e. The van der Waals surface area contributed by atoms with Crippen LogP contribution in [0, 0.1) is 12.7 Å². The van der Waals surface area contributed by atoms with Crippen molar-refractivity contribution in [3.63, 3.8) is 0 Å². The molecular formula is C24H26FNO6S. The highest BCUT2D eigenvalue weighted by molar-refractivity contribution is 7.89. The summed E-state index contributed by atoms with van der Waals surface area (Å²) < 4.78 is 51.0. The summed E-state index contributed by atoms with van der Waals surface area (Å²) in [5, 5.41) is 0. The molecule has 2 unspecified atom stereocenters. The molecule has 0 aliphatic carbocycles. The quantitative estimate of drug-likeness (QED) is 0.182. The second kappa shape index (κ2) is 10.3. The van der Waals surface area contributed by atoms with Gasteiger partial charge in [-0.1, -0.05) is 23.8 Å². The second-order valence-electron chi connectivity index (χ2n) is 7.59. The number of aryl methyl sites for hydroxylation is 1. The molecule has 1 aliphatic heterocycles. The molecule has 0 aromatic heterocycles. The van der Waals surface area contributed by atoms with Gasteiger partial charge in [0.2, 0.25) is 10.0 Å². The first-order valence-corrected chi connectivity index (χ1v) is 12.0. The van der Waals surface area contributed by atoms with Crippen LogP contribution in [0.5, 0.6) is 0 Å². The van der Waals surface area contributed by atoms with Gasteiger partial charge in [0.25, 0.3) is 0 Å². The Hall–Kier alpha value is -3.04. The third-order valence-corrected chi connectivity index (χ3v) is 7.08. The molecule has 2 aromatic carbocycles. The minimum Gasteiger partial charge on any atom is -0.462 e. The van der Waals surface area contributed by atoms with E-state index in [1.165, 1.54) is 28.6 Å². The van der Waals surface area contributed by atoms with Crippen molar-refractivity contribution in [1.82, 2.24) is 4.31 Å². The van der Waals surface area contributed by atoms with Crippen molar-refractivity contribution in [3.8, 4) is 0 Å². The summed E-state index contributed by atoms with van der Waals surface area (Å²) in [5.74, 6) is -2.20. The number of carbonyl (C=O) groups is 2. The van der Waals surface area contributed by atoms with E-state index < -0.39 is 27.8 Å². The molecule has 0 saturated carbocycles. The zero-order valence-electron chi connectivity index (χ0n) is 18.7. The summed E-state index contributed by atoms with van der Waals surface area (Å²) in [6.07, 6.45) is 1.51. The Kier molecular flexibility index (Phi) is 7.65. The van der Waals surface area contributed by atoms with Crippen LogP contribution in [0.3, 0.4) is 0 Å². The Bertz CT molecular complexity index is 1150. The molecule has 0 spiro atoms. The fraction of sp³-hybridized carbons (Fsp3) is 0.333. The van der Waals surface area contributed by atoms with Crippen molar-refractivity contribution in [3.05, 3.63) is 70.5 Å². The van der Waals surface area contributed by atoms with E-state index in [1.54, 1.807) is 38.1 Å². The monoisotopic (exact) mass is 475 g/mol. The Morgan fingerprint density at radius 1 is 1.06 bits per heavy atom. The number of rotatable bonds is 9. The number of carbonyl (C=O) groups excluding carboxylic acids is 2. The molecular weight excluding hydrogens is 449 g/mol. The lowest BCUT2D eigenvalue weighted by atomic mass is 10.0. The lowest BCUT2D eigenvalue weighted by Gasteiger charge is -2.11. The van der Waals surface area contributed by atoms with Crippen LogP contribution >= 0.6 is 0 Å². The van der Waals surface area contributed by atoms with Gasteiger partial charge in [-0.05, 0) is 68.7 Å². The van der Waals surface area contributed by atoms with E-state index >= 15 is 0 Å². The van der Waals surface area contributed by atoms with Crippen molar-refractivity contribution < 1.29 is 31.9 Å². The summed E-state index contributed by atoms with van der Waals surface area (Å²) in [4.78, 5) is 24.8. The summed E-state index contributed by atoms with van der Waals surface area (Å²) in [6, 6.07) is 10.1. The van der Waals surface area contributed by atoms with Gasteiger partial charge in [-0.15, -0.1) is 0 Å². The van der Waals surface area contributed by atoms with Gasteiger partial charge in [-0.3, -0.25) is 0 Å². The molecule has 1 fully saturated rings. The van der Waals surface area contributed by atoms with E-state index in [0.717, 1.165) is 5.56 Å². The molecule has 0 amide bonds. The van der Waals surface area contributed by atoms with Crippen molar-refractivity contribution >= 4 is 28.0 Å². The van der Waals surface area contributed by atoms with E-state index in [1.807, 2.05) is 6.92 Å². The van der Waals surface area contributed by atoms with E-state index in [2.05, 4.69) is 0 Å². The molecule has 2 aromatic rings. The molecule has 2 atom stereocenters. The van der Waals surface area contributed by atoms with Crippen LogP contribution in [0.15, 0.2) is 52.9 Å². The topological polar surface area (TPSA) is 89.8 Å². The van der Waals surface area contributed by atoms with E-state index in [0.29, 0.717) is 17.7 Å². The minimum atomic E-state index is -3.66. The van der Waals surface area contributed by atoms with Crippen molar-refractivity contribution in [1.29, 1.82) is 0 Å². The van der Waals surface area contributed by atoms with Gasteiger partial charge < -0.3 is 9.47 Å². The van der Waals surface area contributed by atoms with Crippen LogP contribution < -0.4 is 0 Å². The molecule has 0 radical (unpaired) electrons. The van der Waals surface area contributed by atoms with Crippen LogP contribution in [0.25, 0.3) is 6.08 Å². The first-order valence-electron chi connectivity index (χ1n) is 10.6. The molecule has 1 saturated heterocycles. The Morgan fingerprint density at radius 2 is 1.67 bits per heavy atom. The number of esters is 2. The minimum absolute atomic E-state index is 0.0692. The lowest BCUT2D eigenvalue weighted by molar-refractivity contribution is -0.146. The standard InChI is InChI=1S/C24H26FNO6S/c1-4-31-23(27)22(24(28)32-5-2)14-17-8-9-19(25)12-18(17)13-20-15-26(20)33(29,30)21-10-6-16(3)7-11-21/h6-12,14,20H,4-5,13,15H2,1-3H3. The number of hydrogen-bond donors (Lipinski definition) is 0. The normalized spacial score (nSPS) is 17.2. The highest BCUT2D eigenvalue weighted by Gasteiger charge is 2.44. The van der Waals surface area contributed by atoms with Crippen molar-refractivity contribution in [2.24, 2.45) is 0 Å². The number of ether oxygens (including phenoxy) is 2. The molecule has 0 bridgehead atoms. The average molecular weight is 476 g/mol. The number of benzene rings is 2. The van der Waals surface area contributed by atoms with Gasteiger partial charge in [0.1, 0.15) is 11.4 Å². The predicted molar refractivity (Wildman–Crippen MR) is 120 cm³/mol. The van der Waals surface area contributed by atoms with Gasteiger partial charge >= 0.3 is 11.9 Å². The van der Waals surface area contributed by atoms with E-state index in [9.17, 15) is 22.4 Å². The molecule has 0 N–H and O–H groups in total. The fourth-order valence-corrected chi connectivity index (χ4v) is 4.97. The van der Waals surface area contributed by atoms with Gasteiger partial charge in [0.05, 0.1) is 18.1 Å². The van der Waals surface area contributed by atoms with Crippen LogP contribution in [-0.4, -0.2) is 50.5 Å². The zero-order valence-corrected chi connectivity index (χ0v) is 19.5. The SMILES string of the molecule is CCOC(=O)C(=Cc1ccc(F)cc1CC1CN1S(=O)(=O)c1ccc(C)cc1)C(=O)OCC. The molecule has 33 heavy (non-hydrogen) atoms. The van der Waals surface area contributed by atoms with Crippen LogP contribution in [0.4, 0.5) is 4.39 Å². The summed E-state index contributed by atoms with van der Waals surface area (Å²) in [5.41, 5.74) is 1.51. The van der Waals surface area contributed by atoms with Crippen LogP contribution in [-0.2, 0) is 35.5 Å². The Morgan fingerprint density at radius 3 is 2.24 bits per heavy atom. The number of hydrogen-bond acceptors (Lipinski definition) is 6. The lowest BCUT2D eigenvalue weighted by Crippen LogP contribution is -2.18. The van der Waals surface area contributed by atoms with E-state index in [4.69, 9.17) is 9.47 Å². The smallest absolute Gasteiger partial charge is 0.345 e. The summed E-state index contributed by atoms with van der Waals surface area (Å²) in [6.45, 7) is 5.52. The number of sulfonamides is 1. The molecule has 9 heteroatoms. The molecule has 7 nitrogen and oxygen atoms in total. The van der Waals surface area contributed by atoms with Gasteiger partial charge in [0.15, 0.2) is 0 Å². The maximum absolute atomic E-state index is 14.0. The summed E-state index contributed by atoms with van der Waals surface area (Å²) >= 11 is 0. The van der Waals surface area contributed by atoms with Crippen LogP contribution in [0.1, 0.15) is 30.5 Å².